The van der Waals surface area contributed by atoms with Gasteiger partial charge in [-0.05, 0) is 0 Å². The molecule has 1 aromatic rings. The van der Waals surface area contributed by atoms with Crippen LogP contribution in [-0.4, -0.2) is 5.11 Å². The Morgan fingerprint density at radius 3 is 2.09 bits per heavy atom. The summed E-state index contributed by atoms with van der Waals surface area (Å²) in [5, 5.41) is 8.90. The summed E-state index contributed by atoms with van der Waals surface area (Å²) in [7, 11) is 0. The van der Waals surface area contributed by atoms with E-state index in [1.165, 1.54) is 0 Å². The van der Waals surface area contributed by atoms with E-state index in [9.17, 15) is 0 Å². The van der Waals surface area contributed by atoms with Crippen LogP contribution in [0.1, 0.15) is 5.56 Å². The van der Waals surface area contributed by atoms with Crippen LogP contribution in [0.25, 0.3) is 0 Å². The van der Waals surface area contributed by atoms with Crippen molar-refractivity contribution in [1.29, 1.82) is 0 Å². The zero-order valence-corrected chi connectivity index (χ0v) is 14.9. The molecule has 0 fully saturated rings. The van der Waals surface area contributed by atoms with Gasteiger partial charge in [0.2, 0.25) is 0 Å². The average molecular weight is 374 g/mol. The van der Waals surface area contributed by atoms with Gasteiger partial charge in [-0.3, -0.25) is 0 Å². The first-order chi connectivity index (χ1) is 3.80. The Bertz CT molecular complexity index is 170. The third-order valence-electron chi connectivity index (χ3n) is 1.04. The Morgan fingerprint density at radius 2 is 1.82 bits per heavy atom. The molecular weight excluding hydrogens is 367 g/mol. The van der Waals surface area contributed by atoms with Gasteiger partial charge in [0.25, 0.3) is 0 Å². The monoisotopic (exact) mass is 374 g/mol. The van der Waals surface area contributed by atoms with Gasteiger partial charge in [0.1, 0.15) is 0 Å². The number of rotatable bonds is 0. The van der Waals surface area contributed by atoms with E-state index in [1.807, 2.05) is 6.92 Å². The van der Waals surface area contributed by atoms with Crippen LogP contribution in [0.2, 0.25) is 0 Å². The van der Waals surface area contributed by atoms with Crippen LogP contribution >= 0.6 is 0 Å². The summed E-state index contributed by atoms with van der Waals surface area (Å²) in [6.07, 6.45) is 0. The summed E-state index contributed by atoms with van der Waals surface area (Å²) in [4.78, 5) is 0. The third kappa shape index (κ3) is 7.41. The second-order valence-corrected chi connectivity index (χ2v) is 1.71. The summed E-state index contributed by atoms with van der Waals surface area (Å²) in [6.45, 7) is 1.84. The van der Waals surface area contributed by atoms with E-state index in [2.05, 4.69) is 6.07 Å². The Balaban J connectivity index is -0.000000213. The first-order valence-corrected chi connectivity index (χ1v) is 2.46. The second kappa shape index (κ2) is 10.4. The number of phenols is 1. The first kappa shape index (κ1) is 19.0. The molecule has 0 aliphatic rings. The minimum atomic E-state index is 0. The van der Waals surface area contributed by atoms with E-state index in [-0.39, 0.29) is 98.1 Å². The van der Waals surface area contributed by atoms with Crippen LogP contribution in [0.3, 0.4) is 0 Å². The molecular formula is C7H7OY3-. The Morgan fingerprint density at radius 1 is 1.27 bits per heavy atom. The van der Waals surface area contributed by atoms with Crippen LogP contribution in [0.15, 0.2) is 18.2 Å². The number of benzene rings is 1. The number of hydrogen-bond acceptors (Lipinski definition) is 1. The fourth-order valence-electron chi connectivity index (χ4n) is 0.506. The van der Waals surface area contributed by atoms with Gasteiger partial charge in [-0.1, -0.05) is 6.92 Å². The molecule has 51 valence electrons. The van der Waals surface area contributed by atoms with Crippen molar-refractivity contribution in [2.75, 3.05) is 0 Å². The summed E-state index contributed by atoms with van der Waals surface area (Å²) >= 11 is 0. The van der Waals surface area contributed by atoms with Crippen LogP contribution in [0, 0.1) is 13.0 Å². The summed E-state index contributed by atoms with van der Waals surface area (Å²) < 4.78 is 0. The van der Waals surface area contributed by atoms with Crippen molar-refractivity contribution in [3.63, 3.8) is 0 Å². The van der Waals surface area contributed by atoms with E-state index in [4.69, 9.17) is 5.11 Å². The molecule has 0 saturated carbocycles. The number of phenolic OH excluding ortho intramolecular Hbond substituents is 1. The number of aryl methyl sites for hydroxylation is 1. The number of hydrogen-bond donors (Lipinski definition) is 1. The van der Waals surface area contributed by atoms with Gasteiger partial charge < -0.3 is 5.11 Å². The van der Waals surface area contributed by atoms with Gasteiger partial charge in [-0.25, -0.2) is 0 Å². The maximum absolute atomic E-state index is 8.90. The zero-order valence-electron chi connectivity index (χ0n) is 6.41. The van der Waals surface area contributed by atoms with Crippen molar-refractivity contribution in [3.05, 3.63) is 29.8 Å². The first-order valence-electron chi connectivity index (χ1n) is 2.46. The SMILES string of the molecule is Cc1c[c-]ccc1O.[Y].[Y].[Y]. The summed E-state index contributed by atoms with van der Waals surface area (Å²) in [6, 6.07) is 7.89. The minimum Gasteiger partial charge on any atom is -0.533 e. The molecule has 0 aliphatic heterocycles. The molecule has 1 nitrogen and oxygen atoms in total. The van der Waals surface area contributed by atoms with Gasteiger partial charge in [-0.15, -0.1) is 11.6 Å². The fraction of sp³-hybridized carbons (Fsp3) is 0.143. The van der Waals surface area contributed by atoms with Crippen molar-refractivity contribution in [3.8, 4) is 5.75 Å². The summed E-state index contributed by atoms with van der Waals surface area (Å²) in [5.41, 5.74) is 0.868. The van der Waals surface area contributed by atoms with Crippen LogP contribution in [0.5, 0.6) is 5.75 Å². The van der Waals surface area contributed by atoms with Crippen LogP contribution in [-0.2, 0) is 98.1 Å². The van der Waals surface area contributed by atoms with Crippen molar-refractivity contribution in [2.24, 2.45) is 0 Å². The van der Waals surface area contributed by atoms with Gasteiger partial charge in [-0.2, -0.15) is 18.2 Å². The van der Waals surface area contributed by atoms with Crippen LogP contribution < -0.4 is 0 Å². The van der Waals surface area contributed by atoms with Gasteiger partial charge in [0.15, 0.2) is 0 Å². The van der Waals surface area contributed by atoms with E-state index in [1.54, 1.807) is 18.2 Å². The van der Waals surface area contributed by atoms with Gasteiger partial charge >= 0.3 is 0 Å². The molecule has 0 spiro atoms. The fourth-order valence-corrected chi connectivity index (χ4v) is 0.506. The van der Waals surface area contributed by atoms with E-state index >= 15 is 0 Å². The molecule has 4 heteroatoms. The van der Waals surface area contributed by atoms with E-state index in [0.29, 0.717) is 5.75 Å². The Labute approximate surface area is 143 Å². The van der Waals surface area contributed by atoms with E-state index in [0.717, 1.165) is 5.56 Å². The van der Waals surface area contributed by atoms with Crippen molar-refractivity contribution < 1.29 is 103 Å². The Hall–Kier alpha value is 2.33. The predicted octanol–water partition coefficient (Wildman–Crippen LogP) is 1.49. The minimum absolute atomic E-state index is 0. The molecule has 0 amide bonds. The number of aromatic hydroxyl groups is 1. The van der Waals surface area contributed by atoms with Crippen LogP contribution in [0.4, 0.5) is 0 Å². The molecule has 0 aromatic heterocycles. The quantitative estimate of drug-likeness (QED) is 0.683. The van der Waals surface area contributed by atoms with Crippen molar-refractivity contribution in [1.82, 2.24) is 0 Å². The Kier molecular flexibility index (Phi) is 18.0. The molecule has 0 saturated heterocycles. The normalized spacial score (nSPS) is 6.64. The van der Waals surface area contributed by atoms with Crippen molar-refractivity contribution >= 4 is 0 Å². The standard InChI is InChI=1S/C7H7O.3Y/c1-6-4-2-3-5-7(6)8;;;/h3-5,8H,1H3;;;/q-1;;;. The molecule has 1 rings (SSSR count). The van der Waals surface area contributed by atoms with Crippen molar-refractivity contribution in [2.45, 2.75) is 6.92 Å². The largest absolute Gasteiger partial charge is 0.533 e. The predicted molar refractivity (Wildman–Crippen MR) is 31.7 cm³/mol. The maximum Gasteiger partial charge on any atom is 0.0111 e. The topological polar surface area (TPSA) is 20.2 Å². The smallest absolute Gasteiger partial charge is 0.0111 e. The molecule has 1 aromatic carbocycles. The molecule has 0 unspecified atom stereocenters. The molecule has 1 N–H and O–H groups in total. The molecule has 0 heterocycles. The summed E-state index contributed by atoms with van der Waals surface area (Å²) in [5.74, 6) is 0.337. The van der Waals surface area contributed by atoms with E-state index < -0.39 is 0 Å². The van der Waals surface area contributed by atoms with Gasteiger partial charge in [0, 0.05) is 104 Å². The molecule has 0 aliphatic carbocycles. The maximum atomic E-state index is 8.90. The molecule has 3 radical (unpaired) electrons. The third-order valence-corrected chi connectivity index (χ3v) is 1.04. The average Bonchev–Trinajstić information content (AvgIpc) is 1.77. The molecule has 0 atom stereocenters. The van der Waals surface area contributed by atoms with Gasteiger partial charge in [0.05, 0.1) is 0 Å². The zero-order chi connectivity index (χ0) is 5.98. The molecule has 0 bridgehead atoms. The second-order valence-electron chi connectivity index (χ2n) is 1.71. The molecule has 11 heavy (non-hydrogen) atoms.